The van der Waals surface area contributed by atoms with Crippen LogP contribution in [0.2, 0.25) is 0 Å². The molecule has 1 aromatic carbocycles. The molecular weight excluding hydrogens is 222 g/mol. The number of nitrogens with two attached hydrogens (primary N) is 1. The highest BCUT2D eigenvalue weighted by atomic mass is 14.9. The number of benzene rings is 1. The normalized spacial score (nSPS) is 14.9. The van der Waals surface area contributed by atoms with Crippen molar-refractivity contribution < 1.29 is 0 Å². The first-order valence-electron chi connectivity index (χ1n) is 6.70. The number of pyridine rings is 1. The molecule has 1 heterocycles. The summed E-state index contributed by atoms with van der Waals surface area (Å²) in [7, 11) is 0. The molecule has 94 valence electrons. The number of nitrogens with zero attached hydrogens (tertiary/aromatic N) is 1. The summed E-state index contributed by atoms with van der Waals surface area (Å²) in [4.78, 5) is 4.11. The number of nitrogen functional groups attached to an aromatic ring is 1. The van der Waals surface area contributed by atoms with E-state index in [4.69, 9.17) is 5.73 Å². The Balaban J connectivity index is 1.68. The Kier molecular flexibility index (Phi) is 3.05. The van der Waals surface area contributed by atoms with Gasteiger partial charge in [0.1, 0.15) is 0 Å². The minimum absolute atomic E-state index is 0.835. The van der Waals surface area contributed by atoms with E-state index in [0.717, 1.165) is 34.6 Å². The van der Waals surface area contributed by atoms with Gasteiger partial charge in [-0.25, -0.2) is 0 Å². The van der Waals surface area contributed by atoms with Crippen LogP contribution in [-0.4, -0.2) is 11.5 Å². The van der Waals surface area contributed by atoms with Gasteiger partial charge in [0.05, 0.1) is 11.4 Å². The van der Waals surface area contributed by atoms with Gasteiger partial charge in [-0.05, 0) is 30.9 Å². The van der Waals surface area contributed by atoms with Gasteiger partial charge in [-0.3, -0.25) is 4.98 Å². The summed E-state index contributed by atoms with van der Waals surface area (Å²) >= 11 is 0. The third kappa shape index (κ3) is 2.40. The summed E-state index contributed by atoms with van der Waals surface area (Å²) in [6.45, 7) is 1.01. The number of rotatable bonds is 5. The Morgan fingerprint density at radius 1 is 1.28 bits per heavy atom. The molecule has 18 heavy (non-hydrogen) atoms. The van der Waals surface area contributed by atoms with Gasteiger partial charge < -0.3 is 11.1 Å². The minimum atomic E-state index is 0.835. The SMILES string of the molecule is Nc1c(NCCCC2CC2)ccc2cnccc12. The fourth-order valence-electron chi connectivity index (χ4n) is 2.37. The number of fused-ring (bicyclic) bond motifs is 1. The van der Waals surface area contributed by atoms with E-state index in [2.05, 4.69) is 22.4 Å². The van der Waals surface area contributed by atoms with Crippen molar-refractivity contribution in [3.63, 3.8) is 0 Å². The van der Waals surface area contributed by atoms with Crippen LogP contribution in [0.4, 0.5) is 11.4 Å². The summed E-state index contributed by atoms with van der Waals surface area (Å²) in [5.74, 6) is 1.01. The molecule has 0 radical (unpaired) electrons. The molecule has 0 unspecified atom stereocenters. The van der Waals surface area contributed by atoms with E-state index in [1.54, 1.807) is 6.20 Å². The maximum Gasteiger partial charge on any atom is 0.0630 e. The maximum absolute atomic E-state index is 6.18. The molecule has 3 heteroatoms. The molecule has 3 N–H and O–H groups in total. The van der Waals surface area contributed by atoms with E-state index in [-0.39, 0.29) is 0 Å². The largest absolute Gasteiger partial charge is 0.397 e. The van der Waals surface area contributed by atoms with Crippen molar-refractivity contribution in [1.82, 2.24) is 4.98 Å². The van der Waals surface area contributed by atoms with E-state index < -0.39 is 0 Å². The van der Waals surface area contributed by atoms with Crippen molar-refractivity contribution in [3.05, 3.63) is 30.6 Å². The summed E-state index contributed by atoms with van der Waals surface area (Å²) in [6.07, 6.45) is 9.09. The smallest absolute Gasteiger partial charge is 0.0630 e. The van der Waals surface area contributed by atoms with Gasteiger partial charge in [0, 0.05) is 29.7 Å². The highest BCUT2D eigenvalue weighted by Gasteiger charge is 2.19. The van der Waals surface area contributed by atoms with Crippen LogP contribution in [0, 0.1) is 5.92 Å². The van der Waals surface area contributed by atoms with Crippen LogP contribution < -0.4 is 11.1 Å². The third-order valence-electron chi connectivity index (χ3n) is 3.66. The lowest BCUT2D eigenvalue weighted by molar-refractivity contribution is 0.687. The van der Waals surface area contributed by atoms with Gasteiger partial charge in [-0.15, -0.1) is 0 Å². The third-order valence-corrected chi connectivity index (χ3v) is 3.66. The number of anilines is 2. The number of aromatic nitrogens is 1. The second kappa shape index (κ2) is 4.84. The van der Waals surface area contributed by atoms with Crippen molar-refractivity contribution in [1.29, 1.82) is 0 Å². The number of nitrogens with one attached hydrogen (secondary N) is 1. The Labute approximate surface area is 107 Å². The second-order valence-corrected chi connectivity index (χ2v) is 5.14. The van der Waals surface area contributed by atoms with Crippen molar-refractivity contribution >= 4 is 22.1 Å². The van der Waals surface area contributed by atoms with Crippen molar-refractivity contribution in [2.75, 3.05) is 17.6 Å². The molecule has 3 nitrogen and oxygen atoms in total. The molecular formula is C15H19N3. The van der Waals surface area contributed by atoms with E-state index in [0.29, 0.717) is 0 Å². The average molecular weight is 241 g/mol. The molecule has 3 rings (SSSR count). The van der Waals surface area contributed by atoms with Crippen LogP contribution in [0.1, 0.15) is 25.7 Å². The molecule has 1 fully saturated rings. The average Bonchev–Trinajstić information content (AvgIpc) is 3.21. The van der Waals surface area contributed by atoms with Gasteiger partial charge in [-0.2, -0.15) is 0 Å². The lowest BCUT2D eigenvalue weighted by Crippen LogP contribution is -2.04. The van der Waals surface area contributed by atoms with E-state index in [9.17, 15) is 0 Å². The maximum atomic E-state index is 6.18. The number of hydrogen-bond acceptors (Lipinski definition) is 3. The number of hydrogen-bond donors (Lipinski definition) is 2. The molecule has 2 aromatic rings. The zero-order chi connectivity index (χ0) is 12.4. The Hall–Kier alpha value is -1.77. The topological polar surface area (TPSA) is 50.9 Å². The van der Waals surface area contributed by atoms with Gasteiger partial charge in [0.25, 0.3) is 0 Å². The molecule has 0 atom stereocenters. The van der Waals surface area contributed by atoms with E-state index in [1.807, 2.05) is 12.3 Å². The van der Waals surface area contributed by atoms with Crippen LogP contribution in [0.25, 0.3) is 10.8 Å². The minimum Gasteiger partial charge on any atom is -0.397 e. The van der Waals surface area contributed by atoms with E-state index in [1.165, 1.54) is 25.7 Å². The van der Waals surface area contributed by atoms with Gasteiger partial charge in [0.15, 0.2) is 0 Å². The van der Waals surface area contributed by atoms with Crippen molar-refractivity contribution in [3.8, 4) is 0 Å². The lowest BCUT2D eigenvalue weighted by Gasteiger charge is -2.11. The predicted octanol–water partition coefficient (Wildman–Crippen LogP) is 3.42. The first-order valence-corrected chi connectivity index (χ1v) is 6.70. The van der Waals surface area contributed by atoms with Gasteiger partial charge in [0.2, 0.25) is 0 Å². The van der Waals surface area contributed by atoms with Crippen LogP contribution in [0.3, 0.4) is 0 Å². The first kappa shape index (κ1) is 11.3. The highest BCUT2D eigenvalue weighted by molar-refractivity contribution is 5.98. The monoisotopic (exact) mass is 241 g/mol. The van der Waals surface area contributed by atoms with Crippen LogP contribution in [-0.2, 0) is 0 Å². The highest BCUT2D eigenvalue weighted by Crippen LogP contribution is 2.33. The molecule has 1 saturated carbocycles. The zero-order valence-electron chi connectivity index (χ0n) is 10.5. The fourth-order valence-corrected chi connectivity index (χ4v) is 2.37. The Morgan fingerprint density at radius 2 is 2.17 bits per heavy atom. The molecule has 1 aliphatic rings. The summed E-state index contributed by atoms with van der Waals surface area (Å²) in [6, 6.07) is 6.10. The summed E-state index contributed by atoms with van der Waals surface area (Å²) in [5.41, 5.74) is 8.06. The lowest BCUT2D eigenvalue weighted by atomic mass is 10.1. The molecule has 1 aromatic heterocycles. The quantitative estimate of drug-likeness (QED) is 0.623. The van der Waals surface area contributed by atoms with Crippen molar-refractivity contribution in [2.24, 2.45) is 5.92 Å². The second-order valence-electron chi connectivity index (χ2n) is 5.14. The van der Waals surface area contributed by atoms with Gasteiger partial charge in [-0.1, -0.05) is 18.9 Å². The molecule has 0 bridgehead atoms. The Morgan fingerprint density at radius 3 is 3.00 bits per heavy atom. The summed E-state index contributed by atoms with van der Waals surface area (Å²) in [5, 5.41) is 5.62. The fraction of sp³-hybridized carbons (Fsp3) is 0.400. The van der Waals surface area contributed by atoms with Crippen LogP contribution in [0.5, 0.6) is 0 Å². The Bertz CT molecular complexity index is 546. The standard InChI is InChI=1S/C15H19N3/c16-15-13-7-9-17-10-12(13)5-6-14(15)18-8-1-2-11-3-4-11/h5-7,9-11,18H,1-4,8,16H2. The molecule has 0 spiro atoms. The molecule has 0 saturated heterocycles. The van der Waals surface area contributed by atoms with Crippen LogP contribution >= 0.6 is 0 Å². The molecule has 0 aliphatic heterocycles. The predicted molar refractivity (Wildman–Crippen MR) is 76.6 cm³/mol. The first-order chi connectivity index (χ1) is 8.84. The van der Waals surface area contributed by atoms with E-state index >= 15 is 0 Å². The summed E-state index contributed by atoms with van der Waals surface area (Å²) < 4.78 is 0. The molecule has 0 amide bonds. The molecule has 1 aliphatic carbocycles. The van der Waals surface area contributed by atoms with Crippen molar-refractivity contribution in [2.45, 2.75) is 25.7 Å². The van der Waals surface area contributed by atoms with Crippen LogP contribution in [0.15, 0.2) is 30.6 Å². The zero-order valence-corrected chi connectivity index (χ0v) is 10.5. The van der Waals surface area contributed by atoms with Gasteiger partial charge >= 0.3 is 0 Å².